The number of nitrogens with one attached hydrogen (secondary N) is 1. The van der Waals surface area contributed by atoms with Crippen molar-refractivity contribution in [3.63, 3.8) is 0 Å². The summed E-state index contributed by atoms with van der Waals surface area (Å²) in [6.45, 7) is 1.77. The first-order chi connectivity index (χ1) is 13.3. The summed E-state index contributed by atoms with van der Waals surface area (Å²) in [6, 6.07) is 1.46. The summed E-state index contributed by atoms with van der Waals surface area (Å²) >= 11 is 0. The highest BCUT2D eigenvalue weighted by Gasteiger charge is 2.39. The second-order valence-electron chi connectivity index (χ2n) is 7.80. The Kier molecular flexibility index (Phi) is 3.65. The highest BCUT2D eigenvalue weighted by Crippen LogP contribution is 2.41. The van der Waals surface area contributed by atoms with Crippen LogP contribution in [0.4, 0.5) is 10.5 Å². The molecule has 4 N–H and O–H groups in total. The molecule has 0 unspecified atom stereocenters. The fraction of sp³-hybridized carbons (Fsp3) is 0.444. The van der Waals surface area contributed by atoms with Gasteiger partial charge in [-0.2, -0.15) is 5.10 Å². The first kappa shape index (κ1) is 17.7. The van der Waals surface area contributed by atoms with Gasteiger partial charge in [0, 0.05) is 5.69 Å². The summed E-state index contributed by atoms with van der Waals surface area (Å²) < 4.78 is 23.9. The monoisotopic (exact) mass is 403 g/mol. The number of carbonyl (C=O) groups excluding carboxylic acids is 1. The first-order valence-corrected chi connectivity index (χ1v) is 10.8. The smallest absolute Gasteiger partial charge is 0.354 e. The molecule has 0 fully saturated rings. The Bertz CT molecular complexity index is 1120. The molecule has 0 saturated carbocycles. The van der Waals surface area contributed by atoms with E-state index in [0.29, 0.717) is 6.54 Å². The standard InChI is InChI=1S/C18H21N5O4S/c1-18(9-24)8-23-16(27-18)14(7-20-23)28(19,26)22-17(25)21-15-12-4-2-10(12)6-11-3-5-13(11)15/h6-7,24H,2-5,8-9H2,1H3,(H3,19,21,22,25,26)/t18-,28+/m0/s1. The van der Waals surface area contributed by atoms with E-state index in [-0.39, 0.29) is 17.4 Å². The summed E-state index contributed by atoms with van der Waals surface area (Å²) in [7, 11) is -3.56. The van der Waals surface area contributed by atoms with Crippen LogP contribution in [-0.4, -0.2) is 37.3 Å². The number of carbonyl (C=O) groups is 1. The van der Waals surface area contributed by atoms with Crippen LogP contribution >= 0.6 is 0 Å². The Hall–Kier alpha value is -2.43. The second kappa shape index (κ2) is 5.79. The second-order valence-corrected chi connectivity index (χ2v) is 9.56. The van der Waals surface area contributed by atoms with Crippen molar-refractivity contribution >= 4 is 21.6 Å². The van der Waals surface area contributed by atoms with E-state index in [2.05, 4.69) is 20.8 Å². The van der Waals surface area contributed by atoms with Gasteiger partial charge in [-0.25, -0.2) is 18.8 Å². The van der Waals surface area contributed by atoms with Crippen LogP contribution < -0.4 is 15.2 Å². The number of aliphatic hydroxyl groups excluding tert-OH is 1. The summed E-state index contributed by atoms with van der Waals surface area (Å²) in [5.74, 6) is 0.175. The number of fused-ring (bicyclic) bond motifs is 3. The highest BCUT2D eigenvalue weighted by atomic mass is 32.2. The number of aryl methyl sites for hydroxylation is 2. The lowest BCUT2D eigenvalue weighted by Crippen LogP contribution is -2.35. The molecular weight excluding hydrogens is 382 g/mol. The fourth-order valence-corrected chi connectivity index (χ4v) is 4.95. The number of nitrogens with zero attached hydrogens (tertiary/aromatic N) is 3. The molecule has 9 nitrogen and oxygen atoms in total. The Morgan fingerprint density at radius 3 is 2.64 bits per heavy atom. The Morgan fingerprint density at radius 1 is 1.39 bits per heavy atom. The van der Waals surface area contributed by atoms with E-state index in [4.69, 9.17) is 9.88 Å². The largest absolute Gasteiger partial charge is 0.466 e. The molecule has 148 valence electrons. The zero-order chi connectivity index (χ0) is 19.7. The van der Waals surface area contributed by atoms with Crippen molar-refractivity contribution in [3.8, 4) is 5.88 Å². The molecule has 0 spiro atoms. The van der Waals surface area contributed by atoms with Gasteiger partial charge in [0.1, 0.15) is 4.90 Å². The third kappa shape index (κ3) is 2.55. The van der Waals surface area contributed by atoms with Gasteiger partial charge < -0.3 is 15.2 Å². The lowest BCUT2D eigenvalue weighted by atomic mass is 9.76. The van der Waals surface area contributed by atoms with Crippen LogP contribution in [0.1, 0.15) is 29.2 Å². The number of urea groups is 1. The lowest BCUT2D eigenvalue weighted by molar-refractivity contribution is 0.0399. The molecule has 2 aliphatic carbocycles. The number of anilines is 1. The predicted octanol–water partition coefficient (Wildman–Crippen LogP) is 1.16. The molecule has 2 heterocycles. The number of hydrogen-bond acceptors (Lipinski definition) is 5. The van der Waals surface area contributed by atoms with Crippen LogP contribution in [0.5, 0.6) is 5.88 Å². The maximum absolute atomic E-state index is 13.0. The van der Waals surface area contributed by atoms with Crippen LogP contribution in [0.15, 0.2) is 21.5 Å². The number of amides is 2. The van der Waals surface area contributed by atoms with Crippen molar-refractivity contribution in [3.05, 3.63) is 34.5 Å². The van der Waals surface area contributed by atoms with E-state index in [1.54, 1.807) is 6.92 Å². The topological polar surface area (TPSA) is 132 Å². The van der Waals surface area contributed by atoms with E-state index >= 15 is 0 Å². The number of hydrogen-bond donors (Lipinski definition) is 3. The minimum Gasteiger partial charge on any atom is -0.466 e. The summed E-state index contributed by atoms with van der Waals surface area (Å²) in [4.78, 5) is 12.6. The van der Waals surface area contributed by atoms with E-state index in [0.717, 1.165) is 42.5 Å². The maximum Gasteiger partial charge on any atom is 0.354 e. The normalized spacial score (nSPS) is 23.2. The molecule has 2 aromatic rings. The molecular formula is C18H21N5O4S. The van der Waals surface area contributed by atoms with Gasteiger partial charge in [0.25, 0.3) is 0 Å². The Balaban J connectivity index is 1.45. The highest BCUT2D eigenvalue weighted by molar-refractivity contribution is 7.91. The number of aromatic nitrogens is 2. The minimum atomic E-state index is -3.56. The summed E-state index contributed by atoms with van der Waals surface area (Å²) in [5, 5.41) is 22.3. The maximum atomic E-state index is 13.0. The van der Waals surface area contributed by atoms with Crippen LogP contribution in [0, 0.1) is 0 Å². The van der Waals surface area contributed by atoms with Crippen molar-refractivity contribution < 1.29 is 18.8 Å². The summed E-state index contributed by atoms with van der Waals surface area (Å²) in [5.41, 5.74) is 4.73. The van der Waals surface area contributed by atoms with Gasteiger partial charge in [-0.3, -0.25) is 0 Å². The van der Waals surface area contributed by atoms with E-state index in [9.17, 15) is 14.1 Å². The van der Waals surface area contributed by atoms with Gasteiger partial charge in [-0.1, -0.05) is 6.07 Å². The van der Waals surface area contributed by atoms with Crippen molar-refractivity contribution in [1.29, 1.82) is 0 Å². The molecule has 1 aliphatic heterocycles. The van der Waals surface area contributed by atoms with Crippen LogP contribution in [0.3, 0.4) is 0 Å². The molecule has 10 heteroatoms. The number of nitrogens with two attached hydrogens (primary N) is 1. The molecule has 2 atom stereocenters. The first-order valence-electron chi connectivity index (χ1n) is 9.18. The summed E-state index contributed by atoms with van der Waals surface area (Å²) in [6.07, 6.45) is 5.16. The molecule has 3 aliphatic rings. The number of rotatable bonds is 3. The Labute approximate surface area is 162 Å². The minimum absolute atomic E-state index is 0.0499. The third-order valence-corrected chi connectivity index (χ3v) is 7.05. The number of benzene rings is 1. The third-order valence-electron chi connectivity index (χ3n) is 5.70. The fourth-order valence-electron chi connectivity index (χ4n) is 3.96. The van der Waals surface area contributed by atoms with Crippen LogP contribution in [-0.2, 0) is 42.1 Å². The molecule has 1 aromatic heterocycles. The van der Waals surface area contributed by atoms with Crippen LogP contribution in [0.2, 0.25) is 0 Å². The van der Waals surface area contributed by atoms with Gasteiger partial charge in [-0.05, 0) is 54.9 Å². The van der Waals surface area contributed by atoms with Crippen molar-refractivity contribution in [2.75, 3.05) is 11.9 Å². The SMILES string of the molecule is C[C@@]1(CO)Cn2ncc([S@](N)(=O)=NC(=O)Nc3c4c(cc5c3CC5)CC4)c2O1. The quantitative estimate of drug-likeness (QED) is 0.707. The lowest BCUT2D eigenvalue weighted by Gasteiger charge is -2.31. The Morgan fingerprint density at radius 2 is 2.07 bits per heavy atom. The van der Waals surface area contributed by atoms with E-state index < -0.39 is 21.5 Å². The van der Waals surface area contributed by atoms with Crippen molar-refractivity contribution in [1.82, 2.24) is 9.78 Å². The molecule has 0 bridgehead atoms. The van der Waals surface area contributed by atoms with Crippen molar-refractivity contribution in [2.24, 2.45) is 9.50 Å². The molecule has 1 aromatic carbocycles. The average Bonchev–Trinajstić information content (AvgIpc) is 3.08. The van der Waals surface area contributed by atoms with Crippen LogP contribution in [0.25, 0.3) is 0 Å². The zero-order valence-electron chi connectivity index (χ0n) is 15.4. The van der Waals surface area contributed by atoms with Crippen molar-refractivity contribution in [2.45, 2.75) is 49.6 Å². The van der Waals surface area contributed by atoms with E-state index in [1.807, 2.05) is 0 Å². The number of aliphatic hydroxyl groups is 1. The van der Waals surface area contributed by atoms with Gasteiger partial charge in [-0.15, -0.1) is 4.36 Å². The molecule has 0 saturated heterocycles. The number of ether oxygens (including phenoxy) is 1. The average molecular weight is 403 g/mol. The predicted molar refractivity (Wildman–Crippen MR) is 102 cm³/mol. The van der Waals surface area contributed by atoms with Gasteiger partial charge in [0.2, 0.25) is 5.88 Å². The van der Waals surface area contributed by atoms with Gasteiger partial charge in [0.05, 0.1) is 19.3 Å². The van der Waals surface area contributed by atoms with Gasteiger partial charge in [0.15, 0.2) is 15.5 Å². The van der Waals surface area contributed by atoms with E-state index in [1.165, 1.54) is 22.0 Å². The molecule has 5 rings (SSSR count). The zero-order valence-corrected chi connectivity index (χ0v) is 16.2. The molecule has 2 amide bonds. The molecule has 28 heavy (non-hydrogen) atoms. The molecule has 0 radical (unpaired) electrons. The van der Waals surface area contributed by atoms with Gasteiger partial charge >= 0.3 is 6.03 Å².